The van der Waals surface area contributed by atoms with E-state index < -0.39 is 0 Å². The molecule has 17 heavy (non-hydrogen) atoms. The molecule has 0 amide bonds. The zero-order valence-electron chi connectivity index (χ0n) is 9.76. The SMILES string of the molecule is O=C(OC1CCNN2CC12)C1CCNN2CC12. The molecular weight excluding hydrogens is 220 g/mol. The van der Waals surface area contributed by atoms with E-state index in [0.29, 0.717) is 12.1 Å². The number of ether oxygens (including phenoxy) is 1. The molecule has 0 aliphatic carbocycles. The summed E-state index contributed by atoms with van der Waals surface area (Å²) in [5.74, 6) is 0.121. The molecular formula is C11H18N4O2. The van der Waals surface area contributed by atoms with Crippen molar-refractivity contribution in [1.29, 1.82) is 0 Å². The number of hydrogen-bond acceptors (Lipinski definition) is 6. The smallest absolute Gasteiger partial charge is 0.311 e. The highest BCUT2D eigenvalue weighted by Gasteiger charge is 2.50. The maximum atomic E-state index is 12.2. The van der Waals surface area contributed by atoms with Crippen LogP contribution in [0.1, 0.15) is 12.8 Å². The highest BCUT2D eigenvalue weighted by atomic mass is 16.5. The van der Waals surface area contributed by atoms with Gasteiger partial charge in [-0.05, 0) is 12.8 Å². The van der Waals surface area contributed by atoms with Gasteiger partial charge in [0.05, 0.1) is 18.0 Å². The molecule has 6 heteroatoms. The molecule has 0 radical (unpaired) electrons. The van der Waals surface area contributed by atoms with Crippen LogP contribution in [0.2, 0.25) is 0 Å². The molecule has 2 N–H and O–H groups in total. The molecule has 0 aromatic carbocycles. The number of rotatable bonds is 2. The number of nitrogens with zero attached hydrogens (tertiary/aromatic N) is 2. The van der Waals surface area contributed by atoms with Crippen molar-refractivity contribution in [3.8, 4) is 0 Å². The van der Waals surface area contributed by atoms with Gasteiger partial charge in [-0.25, -0.2) is 10.0 Å². The van der Waals surface area contributed by atoms with Crippen molar-refractivity contribution in [1.82, 2.24) is 20.9 Å². The van der Waals surface area contributed by atoms with Crippen LogP contribution in [-0.4, -0.2) is 60.4 Å². The van der Waals surface area contributed by atoms with E-state index in [0.717, 1.165) is 39.0 Å². The summed E-state index contributed by atoms with van der Waals surface area (Å²) >= 11 is 0. The minimum atomic E-state index is 0.0257. The lowest BCUT2D eigenvalue weighted by molar-refractivity contribution is -0.157. The fourth-order valence-electron chi connectivity index (χ4n) is 3.08. The first-order chi connectivity index (χ1) is 8.33. The van der Waals surface area contributed by atoms with Gasteiger partial charge in [-0.15, -0.1) is 0 Å². The third-order valence-corrected chi connectivity index (χ3v) is 4.28. The van der Waals surface area contributed by atoms with Gasteiger partial charge in [0.2, 0.25) is 0 Å². The Kier molecular flexibility index (Phi) is 2.20. The molecule has 94 valence electrons. The average Bonchev–Trinajstić information content (AvgIpc) is 3.21. The summed E-state index contributed by atoms with van der Waals surface area (Å²) in [6.07, 6.45) is 1.98. The summed E-state index contributed by atoms with van der Waals surface area (Å²) in [6.45, 7) is 3.86. The van der Waals surface area contributed by atoms with Gasteiger partial charge in [-0.3, -0.25) is 15.6 Å². The summed E-state index contributed by atoms with van der Waals surface area (Å²) in [4.78, 5) is 12.2. The van der Waals surface area contributed by atoms with Crippen LogP contribution in [0.15, 0.2) is 0 Å². The monoisotopic (exact) mass is 238 g/mol. The molecule has 0 aromatic rings. The van der Waals surface area contributed by atoms with E-state index in [-0.39, 0.29) is 18.0 Å². The first-order valence-corrected chi connectivity index (χ1v) is 6.54. The summed E-state index contributed by atoms with van der Waals surface area (Å²) in [5, 5.41) is 4.30. The van der Waals surface area contributed by atoms with E-state index in [1.807, 2.05) is 0 Å². The van der Waals surface area contributed by atoms with Crippen LogP contribution in [0.4, 0.5) is 0 Å². The Balaban J connectivity index is 1.37. The third-order valence-electron chi connectivity index (χ3n) is 4.28. The van der Waals surface area contributed by atoms with Crippen LogP contribution in [0, 0.1) is 5.92 Å². The van der Waals surface area contributed by atoms with E-state index in [1.165, 1.54) is 0 Å². The van der Waals surface area contributed by atoms with Gasteiger partial charge in [-0.2, -0.15) is 0 Å². The van der Waals surface area contributed by atoms with Crippen molar-refractivity contribution >= 4 is 5.97 Å². The zero-order valence-corrected chi connectivity index (χ0v) is 9.76. The summed E-state index contributed by atoms with van der Waals surface area (Å²) in [7, 11) is 0. The molecule has 4 fully saturated rings. The first kappa shape index (κ1) is 10.3. The molecule has 6 atom stereocenters. The van der Waals surface area contributed by atoms with Crippen LogP contribution >= 0.6 is 0 Å². The summed E-state index contributed by atoms with van der Waals surface area (Å²) < 4.78 is 5.71. The lowest BCUT2D eigenvalue weighted by atomic mass is 10.0. The minimum Gasteiger partial charge on any atom is -0.460 e. The van der Waals surface area contributed by atoms with E-state index in [2.05, 4.69) is 20.9 Å². The van der Waals surface area contributed by atoms with Crippen LogP contribution in [0.5, 0.6) is 0 Å². The van der Waals surface area contributed by atoms with Crippen LogP contribution in [0.3, 0.4) is 0 Å². The normalized spacial score (nSPS) is 51.1. The molecule has 0 saturated carbocycles. The van der Waals surface area contributed by atoms with Crippen molar-refractivity contribution in [2.24, 2.45) is 5.92 Å². The zero-order chi connectivity index (χ0) is 11.4. The standard InChI is InChI=1S/C11H18N4O2/c16-11(7-1-3-12-14-5-8(7)14)17-10-2-4-13-15-6-9(10)15/h7-10,12-13H,1-6H2. The fourth-order valence-corrected chi connectivity index (χ4v) is 3.08. The Labute approximate surface area is 100 Å². The van der Waals surface area contributed by atoms with Gasteiger partial charge in [0.1, 0.15) is 6.10 Å². The number of nitrogens with one attached hydrogen (secondary N) is 2. The minimum absolute atomic E-state index is 0.0257. The second-order valence-electron chi connectivity index (χ2n) is 5.41. The maximum absolute atomic E-state index is 12.2. The van der Waals surface area contributed by atoms with Gasteiger partial charge < -0.3 is 4.74 Å². The largest absolute Gasteiger partial charge is 0.460 e. The van der Waals surface area contributed by atoms with Crippen molar-refractivity contribution in [3.63, 3.8) is 0 Å². The second kappa shape index (κ2) is 3.65. The molecule has 4 saturated heterocycles. The second-order valence-corrected chi connectivity index (χ2v) is 5.41. The Morgan fingerprint density at radius 3 is 2.65 bits per heavy atom. The van der Waals surface area contributed by atoms with Crippen molar-refractivity contribution < 1.29 is 9.53 Å². The van der Waals surface area contributed by atoms with Crippen LogP contribution in [-0.2, 0) is 9.53 Å². The average molecular weight is 238 g/mol. The summed E-state index contributed by atoms with van der Waals surface area (Å²) in [5.41, 5.74) is 6.55. The predicted molar refractivity (Wildman–Crippen MR) is 59.6 cm³/mol. The number of esters is 1. The Hall–Kier alpha value is -0.690. The molecule has 4 aliphatic rings. The molecule has 4 heterocycles. The van der Waals surface area contributed by atoms with Gasteiger partial charge in [0.15, 0.2) is 0 Å². The van der Waals surface area contributed by atoms with Crippen LogP contribution < -0.4 is 10.9 Å². The Morgan fingerprint density at radius 2 is 1.76 bits per heavy atom. The summed E-state index contributed by atoms with van der Waals surface area (Å²) in [6, 6.07) is 0.831. The number of carbonyl (C=O) groups is 1. The van der Waals surface area contributed by atoms with Crippen molar-refractivity contribution in [3.05, 3.63) is 0 Å². The molecule has 0 bridgehead atoms. The maximum Gasteiger partial charge on any atom is 0.311 e. The molecule has 6 unspecified atom stereocenters. The Bertz CT molecular complexity index is 350. The molecule has 4 rings (SSSR count). The number of hydrazine groups is 2. The number of fused-ring (bicyclic) bond motifs is 2. The lowest BCUT2D eigenvalue weighted by Gasteiger charge is -2.27. The van der Waals surface area contributed by atoms with E-state index in [4.69, 9.17) is 4.74 Å². The van der Waals surface area contributed by atoms with Crippen LogP contribution in [0.25, 0.3) is 0 Å². The van der Waals surface area contributed by atoms with E-state index in [9.17, 15) is 4.79 Å². The van der Waals surface area contributed by atoms with Gasteiger partial charge >= 0.3 is 5.97 Å². The molecule has 6 nitrogen and oxygen atoms in total. The topological polar surface area (TPSA) is 56.4 Å². The van der Waals surface area contributed by atoms with Crippen molar-refractivity contribution in [2.45, 2.75) is 31.0 Å². The van der Waals surface area contributed by atoms with Gasteiger partial charge in [0, 0.05) is 26.2 Å². The van der Waals surface area contributed by atoms with Gasteiger partial charge in [-0.1, -0.05) is 0 Å². The molecule has 0 spiro atoms. The van der Waals surface area contributed by atoms with E-state index >= 15 is 0 Å². The number of hydrogen-bond donors (Lipinski definition) is 2. The molecule has 0 aromatic heterocycles. The fraction of sp³-hybridized carbons (Fsp3) is 0.909. The lowest BCUT2D eigenvalue weighted by Crippen LogP contribution is -2.43. The molecule has 4 aliphatic heterocycles. The van der Waals surface area contributed by atoms with Gasteiger partial charge in [0.25, 0.3) is 0 Å². The highest BCUT2D eigenvalue weighted by molar-refractivity contribution is 5.74. The van der Waals surface area contributed by atoms with Crippen molar-refractivity contribution in [2.75, 3.05) is 26.2 Å². The Morgan fingerprint density at radius 1 is 1.06 bits per heavy atom. The van der Waals surface area contributed by atoms with E-state index in [1.54, 1.807) is 0 Å². The quantitative estimate of drug-likeness (QED) is 0.461. The first-order valence-electron chi connectivity index (χ1n) is 6.54. The third kappa shape index (κ3) is 1.76. The highest BCUT2D eigenvalue weighted by Crippen LogP contribution is 2.32. The predicted octanol–water partition coefficient (Wildman–Crippen LogP) is -1.30. The number of carbonyl (C=O) groups excluding carboxylic acids is 1.